The Bertz CT molecular complexity index is 497. The van der Waals surface area contributed by atoms with Gasteiger partial charge in [-0.05, 0) is 38.5 Å². The summed E-state index contributed by atoms with van der Waals surface area (Å²) >= 11 is 0. The minimum Gasteiger partial charge on any atom is -0.393 e. The lowest BCUT2D eigenvalue weighted by atomic mass is 10.0. The Morgan fingerprint density at radius 2 is 0.512 bits per heavy atom. The molecule has 0 saturated carbocycles. The lowest BCUT2D eigenvalue weighted by Gasteiger charge is -2.10. The number of aliphatic hydroxyl groups is 1. The minimum absolute atomic E-state index is 0.0506. The molecule has 0 aromatic heterocycles. The van der Waals surface area contributed by atoms with Crippen LogP contribution in [0.3, 0.4) is 0 Å². The van der Waals surface area contributed by atoms with E-state index < -0.39 is 0 Å². The fourth-order valence-corrected chi connectivity index (χ4v) is 6.58. The van der Waals surface area contributed by atoms with Gasteiger partial charge in [-0.25, -0.2) is 0 Å². The first-order valence-electron chi connectivity index (χ1n) is 20.6. The summed E-state index contributed by atoms with van der Waals surface area (Å²) in [6.07, 6.45) is 56.1. The highest BCUT2D eigenvalue weighted by Gasteiger charge is 2.03. The Balaban J connectivity index is 3.14. The maximum absolute atomic E-state index is 10.1. The van der Waals surface area contributed by atoms with E-state index in [0.717, 1.165) is 12.8 Å². The third-order valence-corrected chi connectivity index (χ3v) is 9.69. The van der Waals surface area contributed by atoms with E-state index >= 15 is 0 Å². The summed E-state index contributed by atoms with van der Waals surface area (Å²) in [5.41, 5.74) is 0. The minimum atomic E-state index is -0.0506. The molecule has 0 amide bonds. The second kappa shape index (κ2) is 39.7. The SMILES string of the molecule is CCCCCCCCCCCCCCCCCCCCCCCCCCC=CCCCCC[C@H](O)CCCCCCCC. The van der Waals surface area contributed by atoms with Crippen LogP contribution in [-0.4, -0.2) is 11.2 Å². The van der Waals surface area contributed by atoms with Crippen LogP contribution in [0.5, 0.6) is 0 Å². The zero-order valence-corrected chi connectivity index (χ0v) is 30.3. The maximum Gasteiger partial charge on any atom is 0.0540 e. The molecule has 0 aliphatic rings. The van der Waals surface area contributed by atoms with E-state index in [1.807, 2.05) is 0 Å². The summed E-state index contributed by atoms with van der Waals surface area (Å²) in [4.78, 5) is 0. The molecular formula is C42H84O. The van der Waals surface area contributed by atoms with Gasteiger partial charge in [-0.15, -0.1) is 0 Å². The predicted molar refractivity (Wildman–Crippen MR) is 197 cm³/mol. The number of rotatable bonds is 38. The molecule has 1 N–H and O–H groups in total. The van der Waals surface area contributed by atoms with Crippen LogP contribution in [0.2, 0.25) is 0 Å². The van der Waals surface area contributed by atoms with E-state index in [9.17, 15) is 5.11 Å². The van der Waals surface area contributed by atoms with Crippen molar-refractivity contribution >= 4 is 0 Å². The molecule has 43 heavy (non-hydrogen) atoms. The summed E-state index contributed by atoms with van der Waals surface area (Å²) in [6, 6.07) is 0. The van der Waals surface area contributed by atoms with Crippen molar-refractivity contribution < 1.29 is 5.11 Å². The van der Waals surface area contributed by atoms with Gasteiger partial charge in [0, 0.05) is 0 Å². The van der Waals surface area contributed by atoms with Gasteiger partial charge in [0.1, 0.15) is 0 Å². The second-order valence-electron chi connectivity index (χ2n) is 14.2. The second-order valence-corrected chi connectivity index (χ2v) is 14.2. The highest BCUT2D eigenvalue weighted by atomic mass is 16.3. The Labute approximate surface area is 274 Å². The molecule has 0 saturated heterocycles. The fourth-order valence-electron chi connectivity index (χ4n) is 6.58. The fraction of sp³-hybridized carbons (Fsp3) is 0.952. The van der Waals surface area contributed by atoms with Gasteiger partial charge in [0.15, 0.2) is 0 Å². The van der Waals surface area contributed by atoms with Crippen molar-refractivity contribution in [3.05, 3.63) is 12.2 Å². The van der Waals surface area contributed by atoms with Crippen molar-refractivity contribution in [3.63, 3.8) is 0 Å². The zero-order valence-electron chi connectivity index (χ0n) is 30.3. The molecule has 0 heterocycles. The molecule has 0 bridgehead atoms. The Hall–Kier alpha value is -0.300. The third-order valence-electron chi connectivity index (χ3n) is 9.69. The largest absolute Gasteiger partial charge is 0.393 e. The average Bonchev–Trinajstić information content (AvgIpc) is 3.01. The van der Waals surface area contributed by atoms with Crippen molar-refractivity contribution in [3.8, 4) is 0 Å². The van der Waals surface area contributed by atoms with Gasteiger partial charge >= 0.3 is 0 Å². The number of allylic oxidation sites excluding steroid dienone is 2. The summed E-state index contributed by atoms with van der Waals surface area (Å²) in [5, 5.41) is 10.1. The van der Waals surface area contributed by atoms with Gasteiger partial charge in [0.2, 0.25) is 0 Å². The molecule has 0 rings (SSSR count). The normalized spacial score (nSPS) is 12.5. The van der Waals surface area contributed by atoms with Crippen LogP contribution in [0.25, 0.3) is 0 Å². The topological polar surface area (TPSA) is 20.2 Å². The third kappa shape index (κ3) is 39.7. The summed E-state index contributed by atoms with van der Waals surface area (Å²) in [7, 11) is 0. The van der Waals surface area contributed by atoms with Gasteiger partial charge in [0.25, 0.3) is 0 Å². The van der Waals surface area contributed by atoms with Gasteiger partial charge in [-0.1, -0.05) is 225 Å². The molecule has 0 fully saturated rings. The molecule has 0 aromatic rings. The Kier molecular flexibility index (Phi) is 39.4. The number of unbranched alkanes of at least 4 members (excludes halogenated alkanes) is 32. The van der Waals surface area contributed by atoms with Crippen molar-refractivity contribution in [2.75, 3.05) is 0 Å². The highest BCUT2D eigenvalue weighted by Crippen LogP contribution is 2.17. The van der Waals surface area contributed by atoms with Gasteiger partial charge in [0.05, 0.1) is 6.10 Å². The quantitative estimate of drug-likeness (QED) is 0.0549. The molecule has 0 aliphatic carbocycles. The number of aliphatic hydroxyl groups excluding tert-OH is 1. The lowest BCUT2D eigenvalue weighted by Crippen LogP contribution is -2.05. The van der Waals surface area contributed by atoms with Crippen LogP contribution in [0.15, 0.2) is 12.2 Å². The first kappa shape index (κ1) is 42.7. The summed E-state index contributed by atoms with van der Waals surface area (Å²) in [6.45, 7) is 4.57. The van der Waals surface area contributed by atoms with Crippen molar-refractivity contribution in [2.45, 2.75) is 258 Å². The van der Waals surface area contributed by atoms with Crippen LogP contribution in [-0.2, 0) is 0 Å². The van der Waals surface area contributed by atoms with Gasteiger partial charge in [-0.3, -0.25) is 0 Å². The molecule has 0 aliphatic heterocycles. The summed E-state index contributed by atoms with van der Waals surface area (Å²) in [5.74, 6) is 0. The van der Waals surface area contributed by atoms with Gasteiger partial charge in [-0.2, -0.15) is 0 Å². The zero-order chi connectivity index (χ0) is 31.2. The van der Waals surface area contributed by atoms with E-state index in [0.29, 0.717) is 0 Å². The molecule has 0 unspecified atom stereocenters. The van der Waals surface area contributed by atoms with Crippen LogP contribution >= 0.6 is 0 Å². The molecule has 1 heteroatoms. The molecule has 258 valence electrons. The molecule has 1 atom stereocenters. The lowest BCUT2D eigenvalue weighted by molar-refractivity contribution is 0.147. The van der Waals surface area contributed by atoms with Crippen LogP contribution in [0.4, 0.5) is 0 Å². The molecule has 0 radical (unpaired) electrons. The van der Waals surface area contributed by atoms with E-state index in [1.165, 1.54) is 225 Å². The molecular weight excluding hydrogens is 520 g/mol. The van der Waals surface area contributed by atoms with Crippen LogP contribution in [0.1, 0.15) is 251 Å². The van der Waals surface area contributed by atoms with Crippen LogP contribution < -0.4 is 0 Å². The Morgan fingerprint density at radius 3 is 0.791 bits per heavy atom. The van der Waals surface area contributed by atoms with E-state index in [-0.39, 0.29) is 6.10 Å². The standard InChI is InChI=1S/C42H84O/c1-3-5-7-9-11-12-13-14-15-16-17-18-19-20-21-22-23-24-25-26-27-28-29-30-31-32-33-34-35-37-39-41-42(43)40-38-36-10-8-6-4-2/h32-33,42-43H,3-31,34-41H2,1-2H3/t42-/m1/s1. The smallest absolute Gasteiger partial charge is 0.0540 e. The Morgan fingerprint density at radius 1 is 0.302 bits per heavy atom. The molecule has 0 aromatic carbocycles. The van der Waals surface area contributed by atoms with Crippen molar-refractivity contribution in [1.82, 2.24) is 0 Å². The van der Waals surface area contributed by atoms with Gasteiger partial charge < -0.3 is 5.11 Å². The number of hydrogen-bond donors (Lipinski definition) is 1. The average molecular weight is 605 g/mol. The monoisotopic (exact) mass is 605 g/mol. The predicted octanol–water partition coefficient (Wildman–Crippen LogP) is 15.4. The van der Waals surface area contributed by atoms with E-state index in [1.54, 1.807) is 0 Å². The maximum atomic E-state index is 10.1. The number of hydrogen-bond acceptors (Lipinski definition) is 1. The summed E-state index contributed by atoms with van der Waals surface area (Å²) < 4.78 is 0. The molecule has 1 nitrogen and oxygen atoms in total. The molecule has 0 spiro atoms. The van der Waals surface area contributed by atoms with E-state index in [4.69, 9.17) is 0 Å². The van der Waals surface area contributed by atoms with Crippen LogP contribution in [0, 0.1) is 0 Å². The van der Waals surface area contributed by atoms with Crippen molar-refractivity contribution in [2.24, 2.45) is 0 Å². The first-order chi connectivity index (χ1) is 21.3. The van der Waals surface area contributed by atoms with Crippen molar-refractivity contribution in [1.29, 1.82) is 0 Å². The highest BCUT2D eigenvalue weighted by molar-refractivity contribution is 4.81. The first-order valence-corrected chi connectivity index (χ1v) is 20.6. The van der Waals surface area contributed by atoms with E-state index in [2.05, 4.69) is 26.0 Å².